The number of nitrogens with zero attached hydrogens (tertiary/aromatic N) is 1. The number of amides is 2. The van der Waals surface area contributed by atoms with Gasteiger partial charge in [0.15, 0.2) is 0 Å². The molecule has 6 nitrogen and oxygen atoms in total. The second-order valence-electron chi connectivity index (χ2n) is 6.91. The number of carbonyl (C=O) groups is 1. The van der Waals surface area contributed by atoms with Crippen LogP contribution in [0.2, 0.25) is 0 Å². The van der Waals surface area contributed by atoms with Gasteiger partial charge in [0.25, 0.3) is 0 Å². The summed E-state index contributed by atoms with van der Waals surface area (Å²) in [5.74, 6) is 0. The number of rotatable bonds is 3. The average Bonchev–Trinajstić information content (AvgIpc) is 2.99. The van der Waals surface area contributed by atoms with Gasteiger partial charge < -0.3 is 5.32 Å². The van der Waals surface area contributed by atoms with Crippen molar-refractivity contribution in [1.82, 2.24) is 10.0 Å². The van der Waals surface area contributed by atoms with E-state index in [0.717, 1.165) is 36.9 Å². The molecular formula is C18H27N3O3S. The third-order valence-corrected chi connectivity index (χ3v) is 6.66. The third-order valence-electron chi connectivity index (χ3n) is 5.14. The fourth-order valence-electron chi connectivity index (χ4n) is 3.75. The maximum absolute atomic E-state index is 12.8. The first-order chi connectivity index (χ1) is 12.0. The number of anilines is 1. The van der Waals surface area contributed by atoms with Gasteiger partial charge in [0.1, 0.15) is 0 Å². The van der Waals surface area contributed by atoms with Crippen LogP contribution in [-0.2, 0) is 16.4 Å². The van der Waals surface area contributed by atoms with Crippen LogP contribution in [-0.4, -0.2) is 34.1 Å². The van der Waals surface area contributed by atoms with Crippen LogP contribution in [0.4, 0.5) is 10.5 Å². The Balaban J connectivity index is 1.76. The Labute approximate surface area is 150 Å². The Morgan fingerprint density at radius 2 is 1.80 bits per heavy atom. The predicted molar refractivity (Wildman–Crippen MR) is 98.4 cm³/mol. The maximum atomic E-state index is 12.8. The summed E-state index contributed by atoms with van der Waals surface area (Å²) in [6.45, 7) is 0.578. The number of fused-ring (bicyclic) bond motifs is 1. The van der Waals surface area contributed by atoms with E-state index < -0.39 is 10.0 Å². The summed E-state index contributed by atoms with van der Waals surface area (Å²) in [6.07, 6.45) is 8.29. The molecule has 1 saturated carbocycles. The smallest absolute Gasteiger partial charge is 0.321 e. The van der Waals surface area contributed by atoms with Gasteiger partial charge in [-0.1, -0.05) is 32.1 Å². The molecule has 0 spiro atoms. The van der Waals surface area contributed by atoms with Gasteiger partial charge in [0.05, 0.1) is 4.90 Å². The first-order valence-corrected chi connectivity index (χ1v) is 10.6. The van der Waals surface area contributed by atoms with Crippen LogP contribution in [0.3, 0.4) is 0 Å². The number of carbonyl (C=O) groups excluding carboxylic acids is 1. The molecule has 0 unspecified atom stereocenters. The second kappa shape index (κ2) is 7.74. The van der Waals surface area contributed by atoms with Gasteiger partial charge in [-0.25, -0.2) is 17.9 Å². The normalized spacial score (nSPS) is 19.2. The highest BCUT2D eigenvalue weighted by Crippen LogP contribution is 2.30. The van der Waals surface area contributed by atoms with Crippen LogP contribution in [0.15, 0.2) is 23.1 Å². The molecule has 1 heterocycles. The number of hydrogen-bond donors (Lipinski definition) is 2. The Kier molecular flexibility index (Phi) is 5.64. The summed E-state index contributed by atoms with van der Waals surface area (Å²) in [4.78, 5) is 13.8. The number of urea groups is 1. The molecule has 7 heteroatoms. The molecule has 1 aliphatic heterocycles. The molecule has 25 heavy (non-hydrogen) atoms. The molecule has 138 valence electrons. The average molecular weight is 365 g/mol. The lowest BCUT2D eigenvalue weighted by Crippen LogP contribution is -2.36. The van der Waals surface area contributed by atoms with Crippen LogP contribution < -0.4 is 14.9 Å². The van der Waals surface area contributed by atoms with Crippen molar-refractivity contribution in [2.45, 2.75) is 62.3 Å². The SMILES string of the molecule is CNC(=O)N1CCc2cc(S(=O)(=O)NC3CCCCCCC3)ccc21. The third kappa shape index (κ3) is 4.15. The number of nitrogens with one attached hydrogen (secondary N) is 2. The van der Waals surface area contributed by atoms with E-state index in [0.29, 0.717) is 17.9 Å². The zero-order valence-electron chi connectivity index (χ0n) is 14.8. The standard InChI is InChI=1S/C18H27N3O3S/c1-19-18(22)21-12-11-14-13-16(9-10-17(14)21)25(23,24)20-15-7-5-3-2-4-6-8-15/h9-10,13,15,20H,2-8,11-12H2,1H3,(H,19,22). The van der Waals surface area contributed by atoms with Crippen molar-refractivity contribution in [3.05, 3.63) is 23.8 Å². The summed E-state index contributed by atoms with van der Waals surface area (Å²) >= 11 is 0. The molecule has 0 saturated heterocycles. The summed E-state index contributed by atoms with van der Waals surface area (Å²) in [5, 5.41) is 2.61. The lowest BCUT2D eigenvalue weighted by molar-refractivity contribution is 0.248. The molecule has 1 aromatic carbocycles. The van der Waals surface area contributed by atoms with E-state index in [2.05, 4.69) is 10.0 Å². The minimum absolute atomic E-state index is 0.0286. The molecule has 0 bridgehead atoms. The summed E-state index contributed by atoms with van der Waals surface area (Å²) in [5.41, 5.74) is 1.70. The molecule has 0 atom stereocenters. The van der Waals surface area contributed by atoms with Crippen LogP contribution in [0.5, 0.6) is 0 Å². The molecule has 3 rings (SSSR count). The van der Waals surface area contributed by atoms with Crippen molar-refractivity contribution in [2.75, 3.05) is 18.5 Å². The van der Waals surface area contributed by atoms with E-state index >= 15 is 0 Å². The van der Waals surface area contributed by atoms with Gasteiger partial charge in [0.2, 0.25) is 10.0 Å². The molecule has 2 aliphatic rings. The highest BCUT2D eigenvalue weighted by molar-refractivity contribution is 7.89. The number of sulfonamides is 1. The summed E-state index contributed by atoms with van der Waals surface area (Å²) < 4.78 is 28.4. The topological polar surface area (TPSA) is 78.5 Å². The molecule has 0 radical (unpaired) electrons. The molecule has 1 aliphatic carbocycles. The number of hydrogen-bond acceptors (Lipinski definition) is 3. The van der Waals surface area contributed by atoms with Gasteiger partial charge in [-0.3, -0.25) is 4.90 Å². The fourth-order valence-corrected chi connectivity index (χ4v) is 5.11. The van der Waals surface area contributed by atoms with E-state index in [1.807, 2.05) is 0 Å². The van der Waals surface area contributed by atoms with Crippen LogP contribution in [0.25, 0.3) is 0 Å². The lowest BCUT2D eigenvalue weighted by atomic mass is 9.97. The predicted octanol–water partition coefficient (Wildman–Crippen LogP) is 2.78. The first-order valence-electron chi connectivity index (χ1n) is 9.16. The monoisotopic (exact) mass is 365 g/mol. The van der Waals surface area contributed by atoms with Crippen LogP contribution in [0.1, 0.15) is 50.5 Å². The molecule has 2 amide bonds. The number of benzene rings is 1. The van der Waals surface area contributed by atoms with Gasteiger partial charge >= 0.3 is 6.03 Å². The van der Waals surface area contributed by atoms with Gasteiger partial charge in [-0.2, -0.15) is 0 Å². The van der Waals surface area contributed by atoms with Crippen molar-refractivity contribution in [2.24, 2.45) is 0 Å². The minimum Gasteiger partial charge on any atom is -0.341 e. The molecule has 2 N–H and O–H groups in total. The molecule has 0 aromatic heterocycles. The maximum Gasteiger partial charge on any atom is 0.321 e. The minimum atomic E-state index is -3.52. The van der Waals surface area contributed by atoms with Crippen LogP contribution >= 0.6 is 0 Å². The summed E-state index contributed by atoms with van der Waals surface area (Å²) in [6, 6.07) is 4.92. The van der Waals surface area contributed by atoms with Gasteiger partial charge in [-0.15, -0.1) is 0 Å². The highest BCUT2D eigenvalue weighted by atomic mass is 32.2. The lowest BCUT2D eigenvalue weighted by Gasteiger charge is -2.21. The Hall–Kier alpha value is -1.60. The van der Waals surface area contributed by atoms with E-state index in [-0.39, 0.29) is 12.1 Å². The zero-order valence-corrected chi connectivity index (χ0v) is 15.6. The van der Waals surface area contributed by atoms with E-state index in [4.69, 9.17) is 0 Å². The van der Waals surface area contributed by atoms with E-state index in [9.17, 15) is 13.2 Å². The largest absolute Gasteiger partial charge is 0.341 e. The van der Waals surface area contributed by atoms with E-state index in [1.54, 1.807) is 30.1 Å². The summed E-state index contributed by atoms with van der Waals surface area (Å²) in [7, 11) is -1.93. The van der Waals surface area contributed by atoms with Gasteiger partial charge in [0, 0.05) is 25.3 Å². The van der Waals surface area contributed by atoms with Crippen molar-refractivity contribution in [1.29, 1.82) is 0 Å². The van der Waals surface area contributed by atoms with E-state index in [1.165, 1.54) is 19.3 Å². The van der Waals surface area contributed by atoms with Crippen LogP contribution in [0, 0.1) is 0 Å². The molecule has 1 fully saturated rings. The quantitative estimate of drug-likeness (QED) is 0.864. The van der Waals surface area contributed by atoms with Crippen molar-refractivity contribution in [3.63, 3.8) is 0 Å². The van der Waals surface area contributed by atoms with Gasteiger partial charge in [-0.05, 0) is 43.0 Å². The second-order valence-corrected chi connectivity index (χ2v) is 8.62. The first kappa shape index (κ1) is 18.2. The van der Waals surface area contributed by atoms with Crippen molar-refractivity contribution < 1.29 is 13.2 Å². The van der Waals surface area contributed by atoms with Crippen molar-refractivity contribution in [3.8, 4) is 0 Å². The Morgan fingerprint density at radius 1 is 1.12 bits per heavy atom. The molecule has 1 aromatic rings. The zero-order chi connectivity index (χ0) is 17.9. The Morgan fingerprint density at radius 3 is 2.48 bits per heavy atom. The van der Waals surface area contributed by atoms with Crippen molar-refractivity contribution >= 4 is 21.7 Å². The highest BCUT2D eigenvalue weighted by Gasteiger charge is 2.27. The Bertz CT molecular complexity index is 725. The fraction of sp³-hybridized carbons (Fsp3) is 0.611. The molecular weight excluding hydrogens is 338 g/mol.